The fourth-order valence-electron chi connectivity index (χ4n) is 1.97. The Kier molecular flexibility index (Phi) is 4.29. The Morgan fingerprint density at radius 3 is 2.80 bits per heavy atom. The van der Waals surface area contributed by atoms with Gasteiger partial charge in [0.1, 0.15) is 11.5 Å². The molecule has 0 saturated carbocycles. The Morgan fingerprint density at radius 1 is 1.40 bits per heavy atom. The van der Waals surface area contributed by atoms with E-state index in [2.05, 4.69) is 20.5 Å². The molecule has 0 aliphatic carbocycles. The molecule has 2 N–H and O–H groups in total. The summed E-state index contributed by atoms with van der Waals surface area (Å²) in [6.45, 7) is 4.39. The number of pyridine rings is 1. The van der Waals surface area contributed by atoms with Gasteiger partial charge in [-0.3, -0.25) is 15.2 Å². The van der Waals surface area contributed by atoms with E-state index in [4.69, 9.17) is 0 Å². The maximum absolute atomic E-state index is 10.7. The summed E-state index contributed by atoms with van der Waals surface area (Å²) in [5.41, 5.74) is 2.77. The number of nitro groups is 1. The van der Waals surface area contributed by atoms with Crippen LogP contribution in [0.5, 0.6) is 0 Å². The van der Waals surface area contributed by atoms with E-state index in [9.17, 15) is 10.1 Å². The lowest BCUT2D eigenvalue weighted by Crippen LogP contribution is -2.06. The zero-order valence-corrected chi connectivity index (χ0v) is 11.5. The number of rotatable bonds is 6. The Balaban J connectivity index is 1.84. The third-order valence-corrected chi connectivity index (χ3v) is 3.12. The fraction of sp³-hybridized carbons (Fsp3) is 0.385. The summed E-state index contributed by atoms with van der Waals surface area (Å²) in [6, 6.07) is 3.11. The molecule has 20 heavy (non-hydrogen) atoms. The van der Waals surface area contributed by atoms with E-state index in [-0.39, 0.29) is 5.69 Å². The van der Waals surface area contributed by atoms with Crippen molar-refractivity contribution in [1.82, 2.24) is 15.2 Å². The van der Waals surface area contributed by atoms with Crippen LogP contribution in [0, 0.1) is 24.0 Å². The number of hydrogen-bond acceptors (Lipinski definition) is 5. The van der Waals surface area contributed by atoms with E-state index >= 15 is 0 Å². The van der Waals surface area contributed by atoms with Crippen LogP contribution >= 0.6 is 0 Å². The van der Waals surface area contributed by atoms with Crippen molar-refractivity contribution in [3.8, 4) is 0 Å². The van der Waals surface area contributed by atoms with E-state index in [1.54, 1.807) is 13.0 Å². The molecule has 0 aliphatic heterocycles. The average Bonchev–Trinajstić information content (AvgIpc) is 2.80. The highest BCUT2D eigenvalue weighted by Gasteiger charge is 2.11. The minimum Gasteiger partial charge on any atom is -0.370 e. The second-order valence-electron chi connectivity index (χ2n) is 4.61. The lowest BCUT2D eigenvalue weighted by molar-refractivity contribution is -0.385. The molecule has 2 aromatic heterocycles. The minimum absolute atomic E-state index is 0.0459. The number of aromatic nitrogens is 3. The van der Waals surface area contributed by atoms with Crippen molar-refractivity contribution in [3.63, 3.8) is 0 Å². The van der Waals surface area contributed by atoms with Crippen LogP contribution in [-0.4, -0.2) is 26.6 Å². The van der Waals surface area contributed by atoms with Crippen molar-refractivity contribution in [2.75, 3.05) is 11.9 Å². The summed E-state index contributed by atoms with van der Waals surface area (Å²) in [5, 5.41) is 20.7. The SMILES string of the molecule is Cc1nc(NCCCc2cn[nH]c2C)ccc1[N+](=O)[O-]. The van der Waals surface area contributed by atoms with Gasteiger partial charge in [0, 0.05) is 18.3 Å². The molecule has 2 aromatic rings. The highest BCUT2D eigenvalue weighted by molar-refractivity contribution is 5.44. The lowest BCUT2D eigenvalue weighted by Gasteiger charge is -2.06. The van der Waals surface area contributed by atoms with Crippen LogP contribution in [0.25, 0.3) is 0 Å². The predicted molar refractivity (Wildman–Crippen MR) is 75.8 cm³/mol. The Labute approximate surface area is 116 Å². The van der Waals surface area contributed by atoms with Gasteiger partial charge < -0.3 is 5.32 Å². The van der Waals surface area contributed by atoms with E-state index in [0.29, 0.717) is 11.5 Å². The van der Waals surface area contributed by atoms with Gasteiger partial charge in [-0.15, -0.1) is 0 Å². The smallest absolute Gasteiger partial charge is 0.290 e. The minimum atomic E-state index is -0.423. The molecule has 0 fully saturated rings. The van der Waals surface area contributed by atoms with Crippen molar-refractivity contribution in [2.45, 2.75) is 26.7 Å². The van der Waals surface area contributed by atoms with Crippen LogP contribution in [0.2, 0.25) is 0 Å². The van der Waals surface area contributed by atoms with Crippen molar-refractivity contribution in [3.05, 3.63) is 45.4 Å². The van der Waals surface area contributed by atoms with Gasteiger partial charge in [0.15, 0.2) is 0 Å². The highest BCUT2D eigenvalue weighted by atomic mass is 16.6. The number of aryl methyl sites for hydroxylation is 3. The summed E-state index contributed by atoms with van der Waals surface area (Å²) < 4.78 is 0. The number of H-pyrrole nitrogens is 1. The summed E-state index contributed by atoms with van der Waals surface area (Å²) in [6.07, 6.45) is 3.71. The zero-order valence-electron chi connectivity index (χ0n) is 11.5. The molecule has 0 spiro atoms. The van der Waals surface area contributed by atoms with Crippen LogP contribution in [0.3, 0.4) is 0 Å². The second-order valence-corrected chi connectivity index (χ2v) is 4.61. The van der Waals surface area contributed by atoms with Crippen LogP contribution in [0.1, 0.15) is 23.4 Å². The Hall–Kier alpha value is -2.44. The lowest BCUT2D eigenvalue weighted by atomic mass is 10.1. The van der Waals surface area contributed by atoms with Gasteiger partial charge in [0.25, 0.3) is 5.69 Å². The third kappa shape index (κ3) is 3.31. The number of nitrogens with zero attached hydrogens (tertiary/aromatic N) is 3. The van der Waals surface area contributed by atoms with Crippen molar-refractivity contribution < 1.29 is 4.92 Å². The van der Waals surface area contributed by atoms with E-state index in [1.807, 2.05) is 13.1 Å². The molecule has 2 rings (SSSR count). The molecule has 0 unspecified atom stereocenters. The van der Waals surface area contributed by atoms with E-state index in [0.717, 1.165) is 25.1 Å². The molecular formula is C13H17N5O2. The topological polar surface area (TPSA) is 96.7 Å². The van der Waals surface area contributed by atoms with E-state index in [1.165, 1.54) is 11.6 Å². The molecule has 0 saturated heterocycles. The van der Waals surface area contributed by atoms with Gasteiger partial charge in [0.05, 0.1) is 11.1 Å². The summed E-state index contributed by atoms with van der Waals surface area (Å²) in [7, 11) is 0. The molecule has 0 radical (unpaired) electrons. The molecule has 0 amide bonds. The van der Waals surface area contributed by atoms with Gasteiger partial charge in [-0.25, -0.2) is 4.98 Å². The zero-order chi connectivity index (χ0) is 14.5. The number of aromatic amines is 1. The Morgan fingerprint density at radius 2 is 2.20 bits per heavy atom. The standard InChI is InChI=1S/C13H17N5O2/c1-9-11(8-15-17-9)4-3-7-14-13-6-5-12(18(19)20)10(2)16-13/h5-6,8H,3-4,7H2,1-2H3,(H,14,16)(H,15,17). The van der Waals surface area contributed by atoms with Gasteiger partial charge in [0.2, 0.25) is 0 Å². The first-order valence-electron chi connectivity index (χ1n) is 6.42. The second kappa shape index (κ2) is 6.14. The maximum Gasteiger partial charge on any atom is 0.290 e. The van der Waals surface area contributed by atoms with Crippen LogP contribution in [0.15, 0.2) is 18.3 Å². The maximum atomic E-state index is 10.7. The van der Waals surface area contributed by atoms with Gasteiger partial charge in [-0.1, -0.05) is 0 Å². The third-order valence-electron chi connectivity index (χ3n) is 3.12. The molecule has 106 valence electrons. The van der Waals surface area contributed by atoms with E-state index < -0.39 is 4.92 Å². The number of hydrogen-bond donors (Lipinski definition) is 2. The van der Waals surface area contributed by atoms with Gasteiger partial charge in [-0.05, 0) is 38.3 Å². The molecular weight excluding hydrogens is 258 g/mol. The predicted octanol–water partition coefficient (Wildman–Crippen LogP) is 2.37. The van der Waals surface area contributed by atoms with Crippen molar-refractivity contribution >= 4 is 11.5 Å². The normalized spacial score (nSPS) is 10.5. The van der Waals surface area contributed by atoms with Crippen LogP contribution in [0.4, 0.5) is 11.5 Å². The summed E-state index contributed by atoms with van der Waals surface area (Å²) in [4.78, 5) is 14.4. The highest BCUT2D eigenvalue weighted by Crippen LogP contribution is 2.17. The quantitative estimate of drug-likeness (QED) is 0.479. The molecule has 7 heteroatoms. The molecule has 0 aromatic carbocycles. The van der Waals surface area contributed by atoms with Crippen LogP contribution in [-0.2, 0) is 6.42 Å². The largest absolute Gasteiger partial charge is 0.370 e. The van der Waals surface area contributed by atoms with Crippen molar-refractivity contribution in [1.29, 1.82) is 0 Å². The first kappa shape index (κ1) is 14.0. The molecule has 0 bridgehead atoms. The number of nitrogens with one attached hydrogen (secondary N) is 2. The molecule has 2 heterocycles. The first-order chi connectivity index (χ1) is 9.58. The number of anilines is 1. The summed E-state index contributed by atoms with van der Waals surface area (Å²) >= 11 is 0. The average molecular weight is 275 g/mol. The van der Waals surface area contributed by atoms with Gasteiger partial charge in [-0.2, -0.15) is 5.10 Å². The first-order valence-corrected chi connectivity index (χ1v) is 6.42. The monoisotopic (exact) mass is 275 g/mol. The fourth-order valence-corrected chi connectivity index (χ4v) is 1.97. The summed E-state index contributed by atoms with van der Waals surface area (Å²) in [5.74, 6) is 0.664. The Bertz CT molecular complexity index is 609. The molecule has 0 atom stereocenters. The van der Waals surface area contributed by atoms with Gasteiger partial charge >= 0.3 is 0 Å². The van der Waals surface area contributed by atoms with Crippen molar-refractivity contribution in [2.24, 2.45) is 0 Å². The van der Waals surface area contributed by atoms with Crippen LogP contribution < -0.4 is 5.32 Å². The molecule has 7 nitrogen and oxygen atoms in total. The molecule has 0 aliphatic rings.